The molecule has 140 valence electrons. The van der Waals surface area contributed by atoms with Crippen LogP contribution < -0.4 is 9.47 Å². The first-order valence-corrected chi connectivity index (χ1v) is 8.52. The lowest BCUT2D eigenvalue weighted by molar-refractivity contribution is 0.0699. The van der Waals surface area contributed by atoms with E-state index in [0.29, 0.717) is 28.1 Å². The first kappa shape index (κ1) is 18.9. The monoisotopic (exact) mass is 374 g/mol. The maximum absolute atomic E-state index is 11.7. The van der Waals surface area contributed by atoms with Crippen molar-refractivity contribution in [3.63, 3.8) is 0 Å². The molecule has 0 aliphatic heterocycles. The van der Waals surface area contributed by atoms with E-state index in [-0.39, 0.29) is 12.2 Å². The zero-order valence-corrected chi connectivity index (χ0v) is 15.5. The van der Waals surface area contributed by atoms with E-state index in [1.54, 1.807) is 24.3 Å². The second-order valence-electron chi connectivity index (χ2n) is 6.11. The summed E-state index contributed by atoms with van der Waals surface area (Å²) in [5.41, 5.74) is 3.18. The third-order valence-corrected chi connectivity index (χ3v) is 4.14. The molecule has 0 aliphatic rings. The number of benzene rings is 2. The topological polar surface area (TPSA) is 92.4 Å². The third-order valence-electron chi connectivity index (χ3n) is 4.14. The van der Waals surface area contributed by atoms with Gasteiger partial charge in [-0.15, -0.1) is 0 Å². The van der Waals surface area contributed by atoms with E-state index < -0.39 is 5.97 Å². The van der Waals surface area contributed by atoms with Gasteiger partial charge in [0.25, 0.3) is 0 Å². The molecule has 0 saturated heterocycles. The van der Waals surface area contributed by atoms with Gasteiger partial charge in [0.05, 0.1) is 23.9 Å². The highest BCUT2D eigenvalue weighted by molar-refractivity contribution is 6.03. The van der Waals surface area contributed by atoms with Crippen molar-refractivity contribution in [2.24, 2.45) is 0 Å². The van der Waals surface area contributed by atoms with Crippen LogP contribution in [0.2, 0.25) is 0 Å². The summed E-state index contributed by atoms with van der Waals surface area (Å²) >= 11 is 0. The summed E-state index contributed by atoms with van der Waals surface area (Å²) in [6.07, 6.45) is 3.56. The molecule has 3 rings (SSSR count). The van der Waals surface area contributed by atoms with E-state index in [2.05, 4.69) is 4.98 Å². The van der Waals surface area contributed by atoms with Crippen molar-refractivity contribution in [2.75, 3.05) is 13.7 Å². The van der Waals surface area contributed by atoms with Gasteiger partial charge in [0.2, 0.25) is 0 Å². The van der Waals surface area contributed by atoms with Crippen molar-refractivity contribution >= 4 is 29.0 Å². The lowest BCUT2D eigenvalue weighted by atomic mass is 10.0. The maximum atomic E-state index is 11.7. The minimum absolute atomic E-state index is 0.0655. The Morgan fingerprint density at radius 3 is 2.71 bits per heavy atom. The fourth-order valence-corrected chi connectivity index (χ4v) is 2.82. The van der Waals surface area contributed by atoms with Crippen LogP contribution in [0.5, 0.6) is 11.5 Å². The number of ether oxygens (including phenoxy) is 2. The van der Waals surface area contributed by atoms with E-state index in [4.69, 9.17) is 14.7 Å². The summed E-state index contributed by atoms with van der Waals surface area (Å²) < 4.78 is 10.6. The number of nitriles is 1. The Balaban J connectivity index is 1.96. The number of carboxylic acid groups (broad SMARTS) is 1. The molecule has 0 aliphatic carbocycles. The molecule has 0 saturated carbocycles. The van der Waals surface area contributed by atoms with Crippen molar-refractivity contribution in [3.05, 3.63) is 64.8 Å². The molecule has 0 amide bonds. The second-order valence-corrected chi connectivity index (χ2v) is 6.11. The van der Waals surface area contributed by atoms with Gasteiger partial charge in [0.15, 0.2) is 18.1 Å². The molecule has 3 aromatic rings. The highest BCUT2D eigenvalue weighted by atomic mass is 16.5. The first-order chi connectivity index (χ1) is 13.5. The number of aryl methyl sites for hydroxylation is 1. The third kappa shape index (κ3) is 4.10. The van der Waals surface area contributed by atoms with Crippen molar-refractivity contribution in [3.8, 4) is 17.6 Å². The number of hydrogen-bond donors (Lipinski definition) is 1. The average Bonchev–Trinajstić information content (AvgIpc) is 2.70. The Morgan fingerprint density at radius 2 is 2.00 bits per heavy atom. The predicted octanol–water partition coefficient (Wildman–Crippen LogP) is 4.32. The Hall–Kier alpha value is -3.85. The molecular weight excluding hydrogens is 356 g/mol. The zero-order valence-electron chi connectivity index (χ0n) is 15.5. The summed E-state index contributed by atoms with van der Waals surface area (Å²) in [5, 5.41) is 18.8. The number of hydrogen-bond acceptors (Lipinski definition) is 5. The Labute approximate surface area is 162 Å². The molecule has 0 atom stereocenters. The van der Waals surface area contributed by atoms with Crippen LogP contribution in [-0.4, -0.2) is 29.8 Å². The number of aromatic carboxylic acids is 1. The van der Waals surface area contributed by atoms with Gasteiger partial charge in [-0.05, 0) is 48.9 Å². The molecule has 0 spiro atoms. The number of carboxylic acids is 1. The van der Waals surface area contributed by atoms with Gasteiger partial charge in [0, 0.05) is 5.39 Å². The highest BCUT2D eigenvalue weighted by Crippen LogP contribution is 2.29. The minimum atomic E-state index is -0.992. The van der Waals surface area contributed by atoms with Crippen LogP contribution >= 0.6 is 0 Å². The van der Waals surface area contributed by atoms with E-state index >= 15 is 0 Å². The van der Waals surface area contributed by atoms with Crippen molar-refractivity contribution in [2.45, 2.75) is 6.92 Å². The molecule has 1 N–H and O–H groups in total. The lowest BCUT2D eigenvalue weighted by Crippen LogP contribution is -2.00. The van der Waals surface area contributed by atoms with Gasteiger partial charge in [-0.3, -0.25) is 0 Å². The molecule has 0 unspecified atom stereocenters. The van der Waals surface area contributed by atoms with Crippen LogP contribution in [0.15, 0.2) is 42.5 Å². The fourth-order valence-electron chi connectivity index (χ4n) is 2.82. The second kappa shape index (κ2) is 8.23. The van der Waals surface area contributed by atoms with E-state index in [1.807, 2.05) is 43.3 Å². The number of aromatic nitrogens is 1. The van der Waals surface area contributed by atoms with Gasteiger partial charge in [-0.2, -0.15) is 5.26 Å². The summed E-state index contributed by atoms with van der Waals surface area (Å²) in [6.45, 7) is 1.85. The number of methoxy groups -OCH3 is 1. The molecule has 1 heterocycles. The van der Waals surface area contributed by atoms with Crippen LogP contribution in [0.25, 0.3) is 23.1 Å². The van der Waals surface area contributed by atoms with Crippen molar-refractivity contribution in [1.29, 1.82) is 5.26 Å². The molecule has 28 heavy (non-hydrogen) atoms. The summed E-state index contributed by atoms with van der Waals surface area (Å²) in [6, 6.07) is 14.3. The number of nitrogens with zero attached hydrogens (tertiary/aromatic N) is 2. The summed E-state index contributed by atoms with van der Waals surface area (Å²) in [7, 11) is 1.52. The van der Waals surface area contributed by atoms with Crippen molar-refractivity contribution in [1.82, 2.24) is 4.98 Å². The molecule has 1 aromatic heterocycles. The molecular formula is C22H18N2O4. The standard InChI is InChI=1S/C22H18N2O4/c1-14-3-7-19-17(11-14)18(22(25)26)13-16(24-19)6-4-15-5-8-20(28-10-9-23)21(12-15)27-2/h3-8,11-13H,10H2,1-2H3,(H,25,26)/b6-4+. The number of rotatable bonds is 6. The van der Waals surface area contributed by atoms with Crippen molar-refractivity contribution < 1.29 is 19.4 Å². The molecule has 2 aromatic carbocycles. The Kier molecular flexibility index (Phi) is 5.56. The lowest BCUT2D eigenvalue weighted by Gasteiger charge is -2.09. The number of carbonyl (C=O) groups is 1. The molecule has 0 fully saturated rings. The quantitative estimate of drug-likeness (QED) is 0.691. The van der Waals surface area contributed by atoms with Gasteiger partial charge in [-0.1, -0.05) is 23.8 Å². The van der Waals surface area contributed by atoms with Crippen LogP contribution in [0.3, 0.4) is 0 Å². The van der Waals surface area contributed by atoms with Crippen LogP contribution in [-0.2, 0) is 0 Å². The van der Waals surface area contributed by atoms with Gasteiger partial charge < -0.3 is 14.6 Å². The summed E-state index contributed by atoms with van der Waals surface area (Å²) in [4.78, 5) is 16.2. The molecule has 6 heteroatoms. The molecule has 6 nitrogen and oxygen atoms in total. The van der Waals surface area contributed by atoms with Crippen LogP contribution in [0, 0.1) is 18.3 Å². The molecule has 0 bridgehead atoms. The van der Waals surface area contributed by atoms with E-state index in [1.165, 1.54) is 7.11 Å². The minimum Gasteiger partial charge on any atom is -0.493 e. The maximum Gasteiger partial charge on any atom is 0.336 e. The number of pyridine rings is 1. The zero-order chi connectivity index (χ0) is 20.1. The van der Waals surface area contributed by atoms with Crippen LogP contribution in [0.4, 0.5) is 0 Å². The predicted molar refractivity (Wildman–Crippen MR) is 106 cm³/mol. The normalized spacial score (nSPS) is 10.8. The molecule has 0 radical (unpaired) electrons. The van der Waals surface area contributed by atoms with Gasteiger partial charge in [0.1, 0.15) is 6.07 Å². The van der Waals surface area contributed by atoms with Crippen LogP contribution in [0.1, 0.15) is 27.2 Å². The van der Waals surface area contributed by atoms with Gasteiger partial charge >= 0.3 is 5.97 Å². The van der Waals surface area contributed by atoms with Gasteiger partial charge in [-0.25, -0.2) is 9.78 Å². The highest BCUT2D eigenvalue weighted by Gasteiger charge is 2.11. The largest absolute Gasteiger partial charge is 0.493 e. The first-order valence-electron chi connectivity index (χ1n) is 8.52. The fraction of sp³-hybridized carbons (Fsp3) is 0.136. The Bertz CT molecular complexity index is 1110. The SMILES string of the molecule is COc1cc(/C=C/c2cc(C(=O)O)c3cc(C)ccc3n2)ccc1OCC#N. The van der Waals surface area contributed by atoms with E-state index in [9.17, 15) is 9.90 Å². The smallest absolute Gasteiger partial charge is 0.336 e. The Morgan fingerprint density at radius 1 is 1.18 bits per heavy atom. The van der Waals surface area contributed by atoms with E-state index in [0.717, 1.165) is 11.1 Å². The summed E-state index contributed by atoms with van der Waals surface area (Å²) in [5.74, 6) is -0.00699. The number of fused-ring (bicyclic) bond motifs is 1. The average molecular weight is 374 g/mol.